The molecule has 2 aliphatic carbocycles. The van der Waals surface area contributed by atoms with Crippen LogP contribution in [0.4, 0.5) is 0 Å². The number of carbonyl (C=O) groups is 1. The highest BCUT2D eigenvalue weighted by molar-refractivity contribution is 7.98. The fourth-order valence-electron chi connectivity index (χ4n) is 5.89. The van der Waals surface area contributed by atoms with Crippen LogP contribution in [0.3, 0.4) is 0 Å². The molecule has 2 aromatic heterocycles. The van der Waals surface area contributed by atoms with Crippen molar-refractivity contribution in [2.75, 3.05) is 6.26 Å². The molecule has 0 saturated heterocycles. The molecule has 36 heavy (non-hydrogen) atoms. The number of carbonyl (C=O) groups excluding carboxylic acids is 1. The molecule has 2 heterocycles. The van der Waals surface area contributed by atoms with Crippen LogP contribution in [0.1, 0.15) is 78.8 Å². The van der Waals surface area contributed by atoms with E-state index in [0.717, 1.165) is 52.9 Å². The average molecular weight is 508 g/mol. The number of fused-ring (bicyclic) bond motifs is 1. The Kier molecular flexibility index (Phi) is 7.31. The van der Waals surface area contributed by atoms with E-state index in [1.165, 1.54) is 24.6 Å². The zero-order valence-corrected chi connectivity index (χ0v) is 22.5. The number of pyridine rings is 1. The van der Waals surface area contributed by atoms with Gasteiger partial charge < -0.3 is 19.6 Å². The Bertz CT molecular complexity index is 1320. The maximum absolute atomic E-state index is 13.5. The van der Waals surface area contributed by atoms with Gasteiger partial charge >= 0.3 is 0 Å². The van der Waals surface area contributed by atoms with Crippen LogP contribution in [0.15, 0.2) is 40.0 Å². The van der Waals surface area contributed by atoms with Crippen LogP contribution in [0, 0.1) is 19.8 Å². The van der Waals surface area contributed by atoms with Crippen LogP contribution in [0.5, 0.6) is 0 Å². The normalized spacial score (nSPS) is 21.0. The van der Waals surface area contributed by atoms with Crippen molar-refractivity contribution in [2.24, 2.45) is 5.92 Å². The van der Waals surface area contributed by atoms with Crippen LogP contribution < -0.4 is 10.9 Å². The predicted octanol–water partition coefficient (Wildman–Crippen LogP) is 5.90. The van der Waals surface area contributed by atoms with Crippen molar-refractivity contribution in [1.29, 1.82) is 0 Å². The number of hydrogen-bond donors (Lipinski definition) is 2. The SMILES string of the molecule is CSc1cc(C)[nH]c(=O)c1CNC(=O)c1c(C)n(C(C)C2CCC(OC3CC3)CC2)c2ccccc12. The van der Waals surface area contributed by atoms with Gasteiger partial charge in [0.2, 0.25) is 0 Å². The number of benzene rings is 1. The summed E-state index contributed by atoms with van der Waals surface area (Å²) in [6.45, 7) is 6.42. The molecule has 1 amide bonds. The summed E-state index contributed by atoms with van der Waals surface area (Å²) in [6.07, 6.45) is 9.90. The minimum atomic E-state index is -0.145. The molecule has 2 saturated carbocycles. The number of amides is 1. The highest BCUT2D eigenvalue weighted by atomic mass is 32.2. The molecular formula is C29H37N3O3S. The first kappa shape index (κ1) is 25.2. The van der Waals surface area contributed by atoms with Gasteiger partial charge in [-0.15, -0.1) is 11.8 Å². The third-order valence-corrected chi connectivity index (χ3v) is 8.78. The van der Waals surface area contributed by atoms with Crippen molar-refractivity contribution in [3.05, 3.63) is 63.2 Å². The summed E-state index contributed by atoms with van der Waals surface area (Å²) < 4.78 is 8.54. The van der Waals surface area contributed by atoms with Crippen molar-refractivity contribution in [3.63, 3.8) is 0 Å². The Morgan fingerprint density at radius 1 is 1.14 bits per heavy atom. The molecule has 0 bridgehead atoms. The van der Waals surface area contributed by atoms with E-state index >= 15 is 0 Å². The highest BCUT2D eigenvalue weighted by Crippen LogP contribution is 2.39. The van der Waals surface area contributed by atoms with Crippen LogP contribution in [-0.2, 0) is 11.3 Å². The number of thioether (sulfide) groups is 1. The summed E-state index contributed by atoms with van der Waals surface area (Å²) in [5, 5.41) is 4.01. The first-order chi connectivity index (χ1) is 17.4. The zero-order chi connectivity index (χ0) is 25.4. The van der Waals surface area contributed by atoms with Gasteiger partial charge in [-0.2, -0.15) is 0 Å². The van der Waals surface area contributed by atoms with E-state index in [1.807, 2.05) is 37.4 Å². The standard InChI is InChI=1S/C29H37N3O3S/c1-17-15-26(36-4)24(28(33)31-17)16-30-29(34)27-19(3)32(25-8-6-5-7-23(25)27)18(2)20-9-11-21(12-10-20)35-22-13-14-22/h5-8,15,18,20-22H,9-14,16H2,1-4H3,(H,30,34)(H,31,33). The molecule has 0 aliphatic heterocycles. The number of aromatic nitrogens is 2. The molecule has 1 atom stereocenters. The Labute approximate surface area is 217 Å². The van der Waals surface area contributed by atoms with Crippen LogP contribution >= 0.6 is 11.8 Å². The summed E-state index contributed by atoms with van der Waals surface area (Å²) in [6, 6.07) is 10.4. The van der Waals surface area contributed by atoms with Gasteiger partial charge in [0, 0.05) is 45.3 Å². The third-order valence-electron chi connectivity index (χ3n) is 7.98. The summed E-state index contributed by atoms with van der Waals surface area (Å²) in [7, 11) is 0. The Hall–Kier alpha value is -2.51. The molecule has 2 aliphatic rings. The molecule has 2 fully saturated rings. The lowest BCUT2D eigenvalue weighted by Gasteiger charge is -2.34. The van der Waals surface area contributed by atoms with Crippen molar-refractivity contribution in [2.45, 2.75) is 89.0 Å². The van der Waals surface area contributed by atoms with Gasteiger partial charge in [-0.3, -0.25) is 9.59 Å². The fourth-order valence-corrected chi connectivity index (χ4v) is 6.60. The quantitative estimate of drug-likeness (QED) is 0.372. The number of rotatable bonds is 8. The summed E-state index contributed by atoms with van der Waals surface area (Å²) in [4.78, 5) is 29.9. The molecule has 7 heteroatoms. The molecule has 192 valence electrons. The Morgan fingerprint density at radius 3 is 2.47 bits per heavy atom. The Morgan fingerprint density at radius 2 is 1.81 bits per heavy atom. The van der Waals surface area contributed by atoms with Gasteiger partial charge in [-0.1, -0.05) is 18.2 Å². The third kappa shape index (κ3) is 5.00. The number of nitrogens with one attached hydrogen (secondary N) is 2. The van der Waals surface area contributed by atoms with E-state index in [0.29, 0.717) is 35.3 Å². The second-order valence-corrected chi connectivity index (χ2v) is 11.3. The van der Waals surface area contributed by atoms with Crippen molar-refractivity contribution in [3.8, 4) is 0 Å². The molecular weight excluding hydrogens is 470 g/mol. The maximum Gasteiger partial charge on any atom is 0.254 e. The lowest BCUT2D eigenvalue weighted by atomic mass is 9.83. The van der Waals surface area contributed by atoms with E-state index in [-0.39, 0.29) is 18.0 Å². The maximum atomic E-state index is 13.5. The first-order valence-corrected chi connectivity index (χ1v) is 14.4. The van der Waals surface area contributed by atoms with E-state index in [2.05, 4.69) is 34.8 Å². The lowest BCUT2D eigenvalue weighted by molar-refractivity contribution is 0.00225. The number of aryl methyl sites for hydroxylation is 1. The summed E-state index contributed by atoms with van der Waals surface area (Å²) >= 11 is 1.52. The van der Waals surface area contributed by atoms with Crippen molar-refractivity contribution >= 4 is 28.6 Å². The lowest BCUT2D eigenvalue weighted by Crippen LogP contribution is -2.29. The van der Waals surface area contributed by atoms with Crippen LogP contribution in [0.2, 0.25) is 0 Å². The Balaban J connectivity index is 1.38. The zero-order valence-electron chi connectivity index (χ0n) is 21.7. The topological polar surface area (TPSA) is 76.1 Å². The molecule has 2 N–H and O–H groups in total. The minimum absolute atomic E-state index is 0.136. The monoisotopic (exact) mass is 507 g/mol. The second kappa shape index (κ2) is 10.5. The number of H-pyrrole nitrogens is 1. The largest absolute Gasteiger partial charge is 0.375 e. The minimum Gasteiger partial charge on any atom is -0.375 e. The van der Waals surface area contributed by atoms with E-state index < -0.39 is 0 Å². The number of aromatic amines is 1. The summed E-state index contributed by atoms with van der Waals surface area (Å²) in [5.41, 5.74) is 4.07. The number of hydrogen-bond acceptors (Lipinski definition) is 4. The van der Waals surface area contributed by atoms with Gasteiger partial charge in [-0.05, 0) is 83.6 Å². The molecule has 5 rings (SSSR count). The van der Waals surface area contributed by atoms with Gasteiger partial charge in [0.25, 0.3) is 11.5 Å². The molecule has 1 unspecified atom stereocenters. The van der Waals surface area contributed by atoms with Gasteiger partial charge in [-0.25, -0.2) is 0 Å². The predicted molar refractivity (Wildman–Crippen MR) is 146 cm³/mol. The van der Waals surface area contributed by atoms with Crippen molar-refractivity contribution < 1.29 is 9.53 Å². The van der Waals surface area contributed by atoms with E-state index in [1.54, 1.807) is 0 Å². The highest BCUT2D eigenvalue weighted by Gasteiger charge is 2.33. The fraction of sp³-hybridized carbons (Fsp3) is 0.517. The second-order valence-electron chi connectivity index (χ2n) is 10.5. The smallest absolute Gasteiger partial charge is 0.254 e. The summed E-state index contributed by atoms with van der Waals surface area (Å²) in [5.74, 6) is 0.424. The number of ether oxygens (including phenoxy) is 1. The number of para-hydroxylation sites is 1. The van der Waals surface area contributed by atoms with Gasteiger partial charge in [0.15, 0.2) is 0 Å². The molecule has 6 nitrogen and oxygen atoms in total. The first-order valence-electron chi connectivity index (χ1n) is 13.2. The molecule has 1 aromatic carbocycles. The van der Waals surface area contributed by atoms with E-state index in [9.17, 15) is 9.59 Å². The molecule has 3 aromatic rings. The van der Waals surface area contributed by atoms with Gasteiger partial charge in [0.1, 0.15) is 0 Å². The van der Waals surface area contributed by atoms with Crippen LogP contribution in [-0.4, -0.2) is 33.9 Å². The average Bonchev–Trinajstić information content (AvgIpc) is 3.63. The van der Waals surface area contributed by atoms with Crippen molar-refractivity contribution in [1.82, 2.24) is 14.9 Å². The number of nitrogens with zero attached hydrogens (tertiary/aromatic N) is 1. The molecule has 0 spiro atoms. The molecule has 0 radical (unpaired) electrons. The van der Waals surface area contributed by atoms with Gasteiger partial charge in [0.05, 0.1) is 17.8 Å². The van der Waals surface area contributed by atoms with Crippen LogP contribution in [0.25, 0.3) is 10.9 Å². The van der Waals surface area contributed by atoms with E-state index in [4.69, 9.17) is 4.74 Å².